The number of aryl methyl sites for hydroxylation is 1. The van der Waals surface area contributed by atoms with E-state index in [0.29, 0.717) is 23.7 Å². The van der Waals surface area contributed by atoms with Crippen LogP contribution < -0.4 is 10.1 Å². The van der Waals surface area contributed by atoms with Crippen LogP contribution in [0.3, 0.4) is 0 Å². The monoisotopic (exact) mass is 447 g/mol. The maximum atomic E-state index is 12.4. The maximum Gasteiger partial charge on any atom is 0.251 e. The lowest BCUT2D eigenvalue weighted by atomic mass is 10.1. The topological polar surface area (TPSA) is 56.2 Å². The molecule has 0 saturated heterocycles. The standard InChI is InChI=1S/C20H19BrClN3O2/c1-2-25-19(18(21)11-24-25)12-23-20(26)15-5-3-14(4-6-15)13-27-17-9-7-16(22)8-10-17/h3-11H,2,12-13H2,1H3,(H,23,26). The number of aromatic nitrogens is 2. The van der Waals surface area contributed by atoms with E-state index in [4.69, 9.17) is 16.3 Å². The number of nitrogens with one attached hydrogen (secondary N) is 1. The summed E-state index contributed by atoms with van der Waals surface area (Å²) in [5.41, 5.74) is 2.52. The fourth-order valence-electron chi connectivity index (χ4n) is 2.55. The van der Waals surface area contributed by atoms with E-state index in [1.807, 2.05) is 35.9 Å². The Morgan fingerprint density at radius 3 is 2.56 bits per heavy atom. The number of nitrogens with zero attached hydrogens (tertiary/aromatic N) is 2. The molecule has 2 aromatic carbocycles. The van der Waals surface area contributed by atoms with Gasteiger partial charge in [0.25, 0.3) is 5.91 Å². The number of benzene rings is 2. The Hall–Kier alpha value is -2.31. The number of halogens is 2. The molecule has 140 valence electrons. The van der Waals surface area contributed by atoms with E-state index in [0.717, 1.165) is 28.0 Å². The molecule has 0 aliphatic carbocycles. The minimum absolute atomic E-state index is 0.129. The van der Waals surface area contributed by atoms with Gasteiger partial charge in [-0.05, 0) is 64.8 Å². The number of hydrogen-bond acceptors (Lipinski definition) is 3. The Kier molecular flexibility index (Phi) is 6.53. The van der Waals surface area contributed by atoms with E-state index in [1.165, 1.54) is 0 Å². The van der Waals surface area contributed by atoms with Crippen molar-refractivity contribution in [3.63, 3.8) is 0 Å². The Labute approximate surface area is 171 Å². The molecular weight excluding hydrogens is 430 g/mol. The minimum atomic E-state index is -0.129. The highest BCUT2D eigenvalue weighted by Crippen LogP contribution is 2.18. The van der Waals surface area contributed by atoms with Crippen molar-refractivity contribution in [3.8, 4) is 5.75 Å². The van der Waals surface area contributed by atoms with Crippen molar-refractivity contribution in [2.45, 2.75) is 26.6 Å². The first-order chi connectivity index (χ1) is 13.1. The van der Waals surface area contributed by atoms with E-state index in [-0.39, 0.29) is 5.91 Å². The third kappa shape index (κ3) is 5.11. The lowest BCUT2D eigenvalue weighted by molar-refractivity contribution is 0.0949. The zero-order valence-electron chi connectivity index (χ0n) is 14.8. The first kappa shape index (κ1) is 19.5. The van der Waals surface area contributed by atoms with Gasteiger partial charge in [0.2, 0.25) is 0 Å². The Bertz CT molecular complexity index is 908. The number of hydrogen-bond donors (Lipinski definition) is 1. The molecule has 0 saturated carbocycles. The van der Waals surface area contributed by atoms with Crippen LogP contribution in [0, 0.1) is 0 Å². The summed E-state index contributed by atoms with van der Waals surface area (Å²) >= 11 is 9.32. The highest BCUT2D eigenvalue weighted by Gasteiger charge is 2.11. The highest BCUT2D eigenvalue weighted by molar-refractivity contribution is 9.10. The van der Waals surface area contributed by atoms with Gasteiger partial charge >= 0.3 is 0 Å². The molecule has 1 aromatic heterocycles. The summed E-state index contributed by atoms with van der Waals surface area (Å²) in [5.74, 6) is 0.621. The lowest BCUT2D eigenvalue weighted by Gasteiger charge is -2.09. The lowest BCUT2D eigenvalue weighted by Crippen LogP contribution is -2.24. The Balaban J connectivity index is 1.55. The van der Waals surface area contributed by atoms with E-state index in [1.54, 1.807) is 30.5 Å². The van der Waals surface area contributed by atoms with Crippen molar-refractivity contribution in [1.29, 1.82) is 0 Å². The summed E-state index contributed by atoms with van der Waals surface area (Å²) in [5, 5.41) is 7.84. The molecule has 0 radical (unpaired) electrons. The van der Waals surface area contributed by atoms with E-state index >= 15 is 0 Å². The van der Waals surface area contributed by atoms with Crippen molar-refractivity contribution in [2.24, 2.45) is 0 Å². The van der Waals surface area contributed by atoms with Gasteiger partial charge in [0.05, 0.1) is 22.9 Å². The Morgan fingerprint density at radius 2 is 1.89 bits per heavy atom. The molecule has 5 nitrogen and oxygen atoms in total. The summed E-state index contributed by atoms with van der Waals surface area (Å²) in [6.07, 6.45) is 1.74. The fraction of sp³-hybridized carbons (Fsp3) is 0.200. The van der Waals surface area contributed by atoms with Crippen LogP contribution in [0.25, 0.3) is 0 Å². The number of ether oxygens (including phenoxy) is 1. The highest BCUT2D eigenvalue weighted by atomic mass is 79.9. The molecule has 1 amide bonds. The molecule has 3 rings (SSSR count). The average Bonchev–Trinajstić information content (AvgIpc) is 3.05. The molecule has 7 heteroatoms. The Morgan fingerprint density at radius 1 is 1.19 bits per heavy atom. The normalized spacial score (nSPS) is 10.6. The van der Waals surface area contributed by atoms with Crippen molar-refractivity contribution in [3.05, 3.63) is 81.0 Å². The van der Waals surface area contributed by atoms with Gasteiger partial charge in [-0.3, -0.25) is 9.48 Å². The van der Waals surface area contributed by atoms with Gasteiger partial charge in [-0.15, -0.1) is 0 Å². The second kappa shape index (κ2) is 9.06. The first-order valence-electron chi connectivity index (χ1n) is 8.52. The zero-order valence-corrected chi connectivity index (χ0v) is 17.1. The van der Waals surface area contributed by atoms with Crippen LogP contribution in [0.1, 0.15) is 28.5 Å². The van der Waals surface area contributed by atoms with E-state index in [9.17, 15) is 4.79 Å². The smallest absolute Gasteiger partial charge is 0.251 e. The molecule has 0 unspecified atom stereocenters. The van der Waals surface area contributed by atoms with Gasteiger partial charge in [0.15, 0.2) is 0 Å². The van der Waals surface area contributed by atoms with Crippen molar-refractivity contribution < 1.29 is 9.53 Å². The zero-order chi connectivity index (χ0) is 19.2. The van der Waals surface area contributed by atoms with Gasteiger partial charge in [0.1, 0.15) is 12.4 Å². The first-order valence-corrected chi connectivity index (χ1v) is 9.69. The van der Waals surface area contributed by atoms with Gasteiger partial charge in [-0.25, -0.2) is 0 Å². The predicted molar refractivity (Wildman–Crippen MR) is 109 cm³/mol. The molecule has 0 aliphatic heterocycles. The van der Waals surface area contributed by atoms with Crippen LogP contribution in [-0.2, 0) is 19.7 Å². The summed E-state index contributed by atoms with van der Waals surface area (Å²) < 4.78 is 8.45. The number of carbonyl (C=O) groups excluding carboxylic acids is 1. The average molecular weight is 449 g/mol. The summed E-state index contributed by atoms with van der Waals surface area (Å²) in [7, 11) is 0. The van der Waals surface area contributed by atoms with Gasteiger partial charge < -0.3 is 10.1 Å². The molecule has 3 aromatic rings. The molecule has 1 N–H and O–H groups in total. The summed E-state index contributed by atoms with van der Waals surface area (Å²) in [6.45, 7) is 3.59. The molecule has 0 fully saturated rings. The molecule has 0 bridgehead atoms. The van der Waals surface area contributed by atoms with Crippen LogP contribution in [0.2, 0.25) is 5.02 Å². The van der Waals surface area contributed by atoms with Crippen LogP contribution >= 0.6 is 27.5 Å². The summed E-state index contributed by atoms with van der Waals surface area (Å²) in [4.78, 5) is 12.4. The van der Waals surface area contributed by atoms with Gasteiger partial charge in [-0.1, -0.05) is 23.7 Å². The van der Waals surface area contributed by atoms with Crippen molar-refractivity contribution >= 4 is 33.4 Å². The van der Waals surface area contributed by atoms with E-state index in [2.05, 4.69) is 26.3 Å². The summed E-state index contributed by atoms with van der Waals surface area (Å²) in [6, 6.07) is 14.6. The minimum Gasteiger partial charge on any atom is -0.489 e. The van der Waals surface area contributed by atoms with Crippen molar-refractivity contribution in [2.75, 3.05) is 0 Å². The van der Waals surface area contributed by atoms with Crippen LogP contribution in [-0.4, -0.2) is 15.7 Å². The third-order valence-corrected chi connectivity index (χ3v) is 4.96. The SMILES string of the molecule is CCn1ncc(Br)c1CNC(=O)c1ccc(COc2ccc(Cl)cc2)cc1. The molecule has 0 spiro atoms. The molecule has 0 aliphatic rings. The molecule has 0 atom stereocenters. The van der Waals surface area contributed by atoms with Gasteiger partial charge in [-0.2, -0.15) is 5.10 Å². The fourth-order valence-corrected chi connectivity index (χ4v) is 3.11. The molecule has 1 heterocycles. The number of amides is 1. The molecular formula is C20H19BrClN3O2. The predicted octanol–water partition coefficient (Wildman–Crippen LogP) is 4.83. The van der Waals surface area contributed by atoms with Crippen LogP contribution in [0.4, 0.5) is 0 Å². The number of rotatable bonds is 7. The van der Waals surface area contributed by atoms with E-state index < -0.39 is 0 Å². The van der Waals surface area contributed by atoms with Crippen molar-refractivity contribution in [1.82, 2.24) is 15.1 Å². The quantitative estimate of drug-likeness (QED) is 0.563. The largest absolute Gasteiger partial charge is 0.489 e. The third-order valence-electron chi connectivity index (χ3n) is 4.05. The van der Waals surface area contributed by atoms with Crippen LogP contribution in [0.5, 0.6) is 5.75 Å². The molecule has 27 heavy (non-hydrogen) atoms. The van der Waals surface area contributed by atoms with Crippen LogP contribution in [0.15, 0.2) is 59.2 Å². The maximum absolute atomic E-state index is 12.4. The van der Waals surface area contributed by atoms with Gasteiger partial charge in [0, 0.05) is 17.1 Å². The second-order valence-electron chi connectivity index (χ2n) is 5.88. The number of carbonyl (C=O) groups is 1. The second-order valence-corrected chi connectivity index (χ2v) is 7.17.